The molecule has 2 aromatic rings. The van der Waals surface area contributed by atoms with Crippen LogP contribution in [0.4, 0.5) is 23.1 Å². The highest BCUT2D eigenvalue weighted by Gasteiger charge is 2.26. The summed E-state index contributed by atoms with van der Waals surface area (Å²) in [6.45, 7) is 0.107. The molecule has 1 aromatic carbocycles. The molecule has 150 valence electrons. The molecule has 0 spiro atoms. The van der Waals surface area contributed by atoms with Crippen molar-refractivity contribution in [2.75, 3.05) is 29.8 Å². The van der Waals surface area contributed by atoms with Crippen LogP contribution >= 0.6 is 0 Å². The van der Waals surface area contributed by atoms with Crippen LogP contribution in [0.2, 0.25) is 0 Å². The molecule has 1 aliphatic carbocycles. The van der Waals surface area contributed by atoms with E-state index in [1.807, 2.05) is 30.3 Å². The molecule has 28 heavy (non-hydrogen) atoms. The number of nitrogens with zero attached hydrogens (tertiary/aromatic N) is 1. The number of carbonyl (C=O) groups is 1. The first-order chi connectivity index (χ1) is 13.7. The van der Waals surface area contributed by atoms with Gasteiger partial charge in [-0.05, 0) is 37.8 Å². The predicted octanol–water partition coefficient (Wildman–Crippen LogP) is 1.41. The van der Waals surface area contributed by atoms with Gasteiger partial charge in [-0.2, -0.15) is 0 Å². The number of ether oxygens (including phenoxy) is 1. The lowest BCUT2D eigenvalue weighted by Gasteiger charge is -2.27. The molecular weight excluding hydrogens is 358 g/mol. The van der Waals surface area contributed by atoms with E-state index in [1.165, 1.54) is 7.11 Å². The number of hydrogen-bond acceptors (Lipinski definition) is 7. The van der Waals surface area contributed by atoms with E-state index in [2.05, 4.69) is 31.3 Å². The van der Waals surface area contributed by atoms with Crippen LogP contribution in [0.25, 0.3) is 0 Å². The summed E-state index contributed by atoms with van der Waals surface area (Å²) >= 11 is 0. The van der Waals surface area contributed by atoms with E-state index in [0.717, 1.165) is 31.4 Å². The van der Waals surface area contributed by atoms with E-state index in [9.17, 15) is 4.79 Å². The van der Waals surface area contributed by atoms with Crippen molar-refractivity contribution in [2.45, 2.75) is 37.8 Å². The highest BCUT2D eigenvalue weighted by Crippen LogP contribution is 2.24. The first-order valence-corrected chi connectivity index (χ1v) is 9.44. The Morgan fingerprint density at radius 3 is 2.61 bits per heavy atom. The maximum absolute atomic E-state index is 11.6. The maximum atomic E-state index is 11.6. The van der Waals surface area contributed by atoms with E-state index in [-0.39, 0.29) is 18.6 Å². The Morgan fingerprint density at radius 2 is 1.93 bits per heavy atom. The molecule has 0 radical (unpaired) electrons. The van der Waals surface area contributed by atoms with Crippen molar-refractivity contribution in [2.24, 2.45) is 5.84 Å². The molecule has 0 atom stereocenters. The van der Waals surface area contributed by atoms with Crippen molar-refractivity contribution in [3.05, 3.63) is 36.5 Å². The Balaban J connectivity index is 1.57. The van der Waals surface area contributed by atoms with Crippen molar-refractivity contribution >= 4 is 29.0 Å². The molecule has 1 amide bonds. The molecular formula is C19H28N7O2+. The number of para-hydroxylation sites is 1. The largest absolute Gasteiger partial charge is 0.391 e. The number of methoxy groups -OCH3 is 1. The molecule has 1 heterocycles. The summed E-state index contributed by atoms with van der Waals surface area (Å²) in [5, 5.41) is 9.72. The van der Waals surface area contributed by atoms with Gasteiger partial charge in [-0.15, -0.1) is 0 Å². The number of carbonyl (C=O) groups excluding carboxylic acids is 1. The van der Waals surface area contributed by atoms with Gasteiger partial charge in [0.2, 0.25) is 11.7 Å². The molecule has 1 fully saturated rings. The van der Waals surface area contributed by atoms with Gasteiger partial charge in [0.1, 0.15) is 12.3 Å². The molecule has 7 N–H and O–H groups in total. The van der Waals surface area contributed by atoms with Gasteiger partial charge < -0.3 is 20.8 Å². The number of benzene rings is 1. The van der Waals surface area contributed by atoms with Gasteiger partial charge in [0.25, 0.3) is 0 Å². The molecule has 0 saturated heterocycles. The van der Waals surface area contributed by atoms with Crippen molar-refractivity contribution in [1.29, 1.82) is 0 Å². The molecule has 9 nitrogen and oxygen atoms in total. The van der Waals surface area contributed by atoms with Crippen LogP contribution in [-0.2, 0) is 9.53 Å². The third-order valence-corrected chi connectivity index (χ3v) is 4.73. The number of hydrazine groups is 1. The number of amides is 1. The second-order valence-corrected chi connectivity index (χ2v) is 6.84. The van der Waals surface area contributed by atoms with E-state index in [4.69, 9.17) is 10.6 Å². The summed E-state index contributed by atoms with van der Waals surface area (Å²) < 4.78 is 4.86. The Kier molecular flexibility index (Phi) is 6.99. The maximum Gasteiger partial charge on any atom is 0.391 e. The Labute approximate surface area is 164 Å². The van der Waals surface area contributed by atoms with E-state index >= 15 is 0 Å². The summed E-state index contributed by atoms with van der Waals surface area (Å²) in [5.74, 6) is 6.85. The predicted molar refractivity (Wildman–Crippen MR) is 108 cm³/mol. The number of nitrogens with two attached hydrogens (primary N) is 1. The third-order valence-electron chi connectivity index (χ3n) is 4.73. The molecule has 1 saturated carbocycles. The van der Waals surface area contributed by atoms with E-state index < -0.39 is 0 Å². The Bertz CT molecular complexity index is 764. The van der Waals surface area contributed by atoms with Crippen LogP contribution in [-0.4, -0.2) is 36.7 Å². The molecule has 0 aliphatic heterocycles. The first kappa shape index (κ1) is 19.8. The lowest BCUT2D eigenvalue weighted by molar-refractivity contribution is -0.364. The highest BCUT2D eigenvalue weighted by molar-refractivity contribution is 5.77. The molecule has 1 aliphatic rings. The van der Waals surface area contributed by atoms with Crippen molar-refractivity contribution < 1.29 is 14.5 Å². The lowest BCUT2D eigenvalue weighted by atomic mass is 9.91. The fraction of sp³-hybridized carbons (Fsp3) is 0.421. The molecule has 1 aromatic heterocycles. The monoisotopic (exact) mass is 386 g/mol. The SMILES string of the molecule is COCC(=O)NC1CCC(Nc2nc(Nc3ccccc3)c(NN)c[nH+]2)CC1. The molecule has 0 bridgehead atoms. The minimum Gasteiger partial charge on any atom is -0.375 e. The summed E-state index contributed by atoms with van der Waals surface area (Å²) in [4.78, 5) is 19.4. The standard InChI is InChI=1S/C19H27N7O2/c1-28-12-17(27)22-14-7-9-15(10-8-14)24-19-21-11-16(26-20)18(25-19)23-13-5-3-2-4-6-13/h2-6,11,14-15,26H,7-10,12,20H2,1H3,(H,22,27)(H2,21,23,24,25)/p+1. The lowest BCUT2D eigenvalue weighted by Crippen LogP contribution is -2.42. The van der Waals surface area contributed by atoms with Crippen LogP contribution in [0.1, 0.15) is 25.7 Å². The van der Waals surface area contributed by atoms with Gasteiger partial charge in [0.05, 0.1) is 12.2 Å². The van der Waals surface area contributed by atoms with Gasteiger partial charge in [0.15, 0.2) is 0 Å². The number of aromatic nitrogens is 2. The smallest absolute Gasteiger partial charge is 0.375 e. The Hall–Kier alpha value is -2.91. The number of nitrogens with one attached hydrogen (secondary N) is 5. The van der Waals surface area contributed by atoms with Crippen LogP contribution in [0.3, 0.4) is 0 Å². The van der Waals surface area contributed by atoms with Gasteiger partial charge in [-0.3, -0.25) is 16.0 Å². The summed E-state index contributed by atoms with van der Waals surface area (Å²) in [6.07, 6.45) is 5.52. The van der Waals surface area contributed by atoms with Gasteiger partial charge in [0, 0.05) is 18.8 Å². The summed E-state index contributed by atoms with van der Waals surface area (Å²) in [7, 11) is 1.52. The quantitative estimate of drug-likeness (QED) is 0.343. The van der Waals surface area contributed by atoms with Crippen LogP contribution in [0, 0.1) is 0 Å². The zero-order valence-electron chi connectivity index (χ0n) is 16.0. The summed E-state index contributed by atoms with van der Waals surface area (Å²) in [6, 6.07) is 10.3. The van der Waals surface area contributed by atoms with Crippen LogP contribution in [0.15, 0.2) is 36.5 Å². The molecule has 0 unspecified atom stereocenters. The van der Waals surface area contributed by atoms with Crippen molar-refractivity contribution in [3.63, 3.8) is 0 Å². The third kappa shape index (κ3) is 5.54. The van der Waals surface area contributed by atoms with Crippen LogP contribution in [0.5, 0.6) is 0 Å². The minimum atomic E-state index is -0.0598. The average Bonchev–Trinajstić information content (AvgIpc) is 2.71. The van der Waals surface area contributed by atoms with Gasteiger partial charge in [-0.25, -0.2) is 4.98 Å². The number of rotatable bonds is 8. The van der Waals surface area contributed by atoms with Gasteiger partial charge >= 0.3 is 5.95 Å². The van der Waals surface area contributed by atoms with E-state index in [0.29, 0.717) is 23.5 Å². The fourth-order valence-electron chi connectivity index (χ4n) is 3.33. The minimum absolute atomic E-state index is 0.0598. The van der Waals surface area contributed by atoms with E-state index in [1.54, 1.807) is 6.20 Å². The fourth-order valence-corrected chi connectivity index (χ4v) is 3.33. The van der Waals surface area contributed by atoms with Crippen LogP contribution < -0.4 is 32.2 Å². The highest BCUT2D eigenvalue weighted by atomic mass is 16.5. The number of aromatic amines is 1. The number of hydrogen-bond donors (Lipinski definition) is 5. The number of nitrogen functional groups attached to an aromatic ring is 1. The zero-order chi connectivity index (χ0) is 19.8. The molecule has 3 rings (SSSR count). The second kappa shape index (κ2) is 9.86. The van der Waals surface area contributed by atoms with Crippen molar-refractivity contribution in [1.82, 2.24) is 10.3 Å². The zero-order valence-corrected chi connectivity index (χ0v) is 16.0. The summed E-state index contributed by atoms with van der Waals surface area (Å²) in [5.41, 5.74) is 4.24. The Morgan fingerprint density at radius 1 is 1.21 bits per heavy atom. The number of H-pyrrole nitrogens is 1. The number of anilines is 4. The normalized spacial score (nSPS) is 18.9. The molecule has 9 heteroatoms. The van der Waals surface area contributed by atoms with Crippen molar-refractivity contribution in [3.8, 4) is 0 Å². The first-order valence-electron chi connectivity index (χ1n) is 9.44. The average molecular weight is 386 g/mol. The topological polar surface area (TPSA) is 127 Å². The second-order valence-electron chi connectivity index (χ2n) is 6.84. The van der Waals surface area contributed by atoms with Gasteiger partial charge in [-0.1, -0.05) is 23.2 Å².